The molecule has 30 heavy (non-hydrogen) atoms. The van der Waals surface area contributed by atoms with E-state index < -0.39 is 11.7 Å². The molecule has 1 aliphatic rings. The van der Waals surface area contributed by atoms with Crippen molar-refractivity contribution in [3.8, 4) is 11.3 Å². The molecule has 0 aliphatic carbocycles. The number of hydrogen-bond acceptors (Lipinski definition) is 3. The zero-order valence-electron chi connectivity index (χ0n) is 16.4. The molecule has 0 atom stereocenters. The van der Waals surface area contributed by atoms with Crippen LogP contribution < -0.4 is 0 Å². The molecule has 0 unspecified atom stereocenters. The monoisotopic (exact) mass is 409 g/mol. The fraction of sp³-hybridized carbons (Fsp3) is 0.250. The third-order valence-corrected chi connectivity index (χ3v) is 5.39. The lowest BCUT2D eigenvalue weighted by Gasteiger charge is -2.26. The zero-order valence-corrected chi connectivity index (χ0v) is 16.4. The van der Waals surface area contributed by atoms with Crippen LogP contribution in [0, 0.1) is 0 Å². The first-order valence-corrected chi connectivity index (χ1v) is 9.95. The van der Waals surface area contributed by atoms with Crippen LogP contribution in [0.15, 0.2) is 72.9 Å². The van der Waals surface area contributed by atoms with Crippen LogP contribution in [0.5, 0.6) is 0 Å². The molecule has 0 fully saturated rings. The number of rotatable bonds is 5. The van der Waals surface area contributed by atoms with Gasteiger partial charge in [0.05, 0.1) is 11.3 Å². The lowest BCUT2D eigenvalue weighted by molar-refractivity contribution is -0.137. The van der Waals surface area contributed by atoms with Crippen molar-refractivity contribution in [2.75, 3.05) is 19.6 Å². The average Bonchev–Trinajstić information content (AvgIpc) is 2.78. The Hall–Kier alpha value is -2.99. The van der Waals surface area contributed by atoms with E-state index in [0.717, 1.165) is 67.0 Å². The minimum atomic E-state index is -4.29. The summed E-state index contributed by atoms with van der Waals surface area (Å²) in [5.41, 5.74) is 4.55. The van der Waals surface area contributed by atoms with E-state index in [0.29, 0.717) is 0 Å². The molecule has 154 valence electrons. The molecule has 0 amide bonds. The summed E-state index contributed by atoms with van der Waals surface area (Å²) in [5, 5.41) is 8.10. The summed E-state index contributed by atoms with van der Waals surface area (Å²) in [5.74, 6) is 0. The standard InChI is InChI=1S/C24H22F3N3/c25-24(26,27)22-8-6-19(7-9-22)20-11-15-30(16-12-20)14-10-18-3-1-4-21(17-18)23-5-2-13-28-29-23/h1-9,11,13,17H,10,12,14-16H2. The molecule has 2 aromatic carbocycles. The van der Waals surface area contributed by atoms with E-state index in [2.05, 4.69) is 33.3 Å². The van der Waals surface area contributed by atoms with Gasteiger partial charge in [-0.05, 0) is 59.9 Å². The molecule has 0 spiro atoms. The highest BCUT2D eigenvalue weighted by atomic mass is 19.4. The Morgan fingerprint density at radius 3 is 2.43 bits per heavy atom. The lowest BCUT2D eigenvalue weighted by atomic mass is 9.98. The fourth-order valence-corrected chi connectivity index (χ4v) is 3.68. The molecule has 1 aromatic heterocycles. The van der Waals surface area contributed by atoms with Gasteiger partial charge in [0, 0.05) is 31.4 Å². The largest absolute Gasteiger partial charge is 0.416 e. The SMILES string of the molecule is FC(F)(F)c1ccc(C2=CCN(CCc3cccc(-c4cccnn4)c3)CC2)cc1. The van der Waals surface area contributed by atoms with Crippen molar-refractivity contribution < 1.29 is 13.2 Å². The maximum absolute atomic E-state index is 12.7. The lowest BCUT2D eigenvalue weighted by Crippen LogP contribution is -2.30. The van der Waals surface area contributed by atoms with Crippen LogP contribution in [-0.4, -0.2) is 34.7 Å². The number of aromatic nitrogens is 2. The fourth-order valence-electron chi connectivity index (χ4n) is 3.68. The number of benzene rings is 2. The predicted octanol–water partition coefficient (Wildman–Crippen LogP) is 5.49. The summed E-state index contributed by atoms with van der Waals surface area (Å²) in [6.45, 7) is 2.64. The third-order valence-electron chi connectivity index (χ3n) is 5.39. The molecule has 4 rings (SSSR count). The second-order valence-electron chi connectivity index (χ2n) is 7.41. The van der Waals surface area contributed by atoms with E-state index in [1.54, 1.807) is 18.3 Å². The third kappa shape index (κ3) is 4.94. The van der Waals surface area contributed by atoms with Crippen LogP contribution in [-0.2, 0) is 12.6 Å². The first-order valence-electron chi connectivity index (χ1n) is 9.95. The van der Waals surface area contributed by atoms with Gasteiger partial charge in [0.2, 0.25) is 0 Å². The van der Waals surface area contributed by atoms with Crippen LogP contribution in [0.4, 0.5) is 13.2 Å². The highest BCUT2D eigenvalue weighted by Gasteiger charge is 2.30. The summed E-state index contributed by atoms with van der Waals surface area (Å²) in [7, 11) is 0. The number of nitrogens with zero attached hydrogens (tertiary/aromatic N) is 3. The maximum Gasteiger partial charge on any atom is 0.416 e. The molecule has 0 bridgehead atoms. The summed E-state index contributed by atoms with van der Waals surface area (Å²) < 4.78 is 38.2. The highest BCUT2D eigenvalue weighted by Crippen LogP contribution is 2.31. The Bertz CT molecular complexity index is 1010. The van der Waals surface area contributed by atoms with Gasteiger partial charge in [0.1, 0.15) is 0 Å². The minimum absolute atomic E-state index is 0.604. The van der Waals surface area contributed by atoms with E-state index in [1.165, 1.54) is 5.56 Å². The molecule has 6 heteroatoms. The van der Waals surface area contributed by atoms with E-state index in [-0.39, 0.29) is 0 Å². The van der Waals surface area contributed by atoms with Crippen molar-refractivity contribution >= 4 is 5.57 Å². The van der Waals surface area contributed by atoms with Gasteiger partial charge in [-0.3, -0.25) is 4.90 Å². The van der Waals surface area contributed by atoms with Crippen molar-refractivity contribution in [2.45, 2.75) is 19.0 Å². The first-order chi connectivity index (χ1) is 14.5. The van der Waals surface area contributed by atoms with Crippen LogP contribution in [0.2, 0.25) is 0 Å². The average molecular weight is 409 g/mol. The predicted molar refractivity (Wildman–Crippen MR) is 112 cm³/mol. The van der Waals surface area contributed by atoms with Crippen LogP contribution >= 0.6 is 0 Å². The molecule has 3 nitrogen and oxygen atoms in total. The second-order valence-corrected chi connectivity index (χ2v) is 7.41. The molecule has 0 radical (unpaired) electrons. The van der Waals surface area contributed by atoms with Gasteiger partial charge in [-0.15, -0.1) is 0 Å². The summed E-state index contributed by atoms with van der Waals surface area (Å²) in [4.78, 5) is 2.36. The molecule has 3 aromatic rings. The maximum atomic E-state index is 12.7. The zero-order chi connectivity index (χ0) is 21.0. The van der Waals surface area contributed by atoms with E-state index in [1.807, 2.05) is 24.3 Å². The van der Waals surface area contributed by atoms with Crippen molar-refractivity contribution in [2.24, 2.45) is 0 Å². The summed E-state index contributed by atoms with van der Waals surface area (Å²) in [6, 6.07) is 17.6. The molecular formula is C24H22F3N3. The Morgan fingerprint density at radius 2 is 1.77 bits per heavy atom. The van der Waals surface area contributed by atoms with Gasteiger partial charge in [-0.2, -0.15) is 23.4 Å². The molecule has 0 N–H and O–H groups in total. The Morgan fingerprint density at radius 1 is 0.933 bits per heavy atom. The molecular weight excluding hydrogens is 387 g/mol. The van der Waals surface area contributed by atoms with Gasteiger partial charge in [-0.25, -0.2) is 0 Å². The van der Waals surface area contributed by atoms with Gasteiger partial charge < -0.3 is 0 Å². The number of hydrogen-bond donors (Lipinski definition) is 0. The van der Waals surface area contributed by atoms with E-state index >= 15 is 0 Å². The van der Waals surface area contributed by atoms with Crippen LogP contribution in [0.25, 0.3) is 16.8 Å². The van der Waals surface area contributed by atoms with Gasteiger partial charge in [-0.1, -0.05) is 36.4 Å². The Labute approximate surface area is 173 Å². The highest BCUT2D eigenvalue weighted by molar-refractivity contribution is 5.66. The normalized spacial score (nSPS) is 15.1. The van der Waals surface area contributed by atoms with Gasteiger partial charge in [0.15, 0.2) is 0 Å². The number of halogens is 3. The Balaban J connectivity index is 1.34. The summed E-state index contributed by atoms with van der Waals surface area (Å²) in [6.07, 6.45) is 1.27. The molecule has 0 saturated heterocycles. The van der Waals surface area contributed by atoms with Crippen molar-refractivity contribution in [1.29, 1.82) is 0 Å². The topological polar surface area (TPSA) is 29.0 Å². The van der Waals surface area contributed by atoms with Crippen LogP contribution in [0.1, 0.15) is 23.1 Å². The van der Waals surface area contributed by atoms with Crippen molar-refractivity contribution in [3.63, 3.8) is 0 Å². The first kappa shape index (κ1) is 20.3. The smallest absolute Gasteiger partial charge is 0.299 e. The molecule has 1 aliphatic heterocycles. The quantitative estimate of drug-likeness (QED) is 0.558. The van der Waals surface area contributed by atoms with E-state index in [9.17, 15) is 13.2 Å². The number of alkyl halides is 3. The molecule has 0 saturated carbocycles. The summed E-state index contributed by atoms with van der Waals surface area (Å²) >= 11 is 0. The Kier molecular flexibility index (Phi) is 5.95. The van der Waals surface area contributed by atoms with Crippen molar-refractivity contribution in [1.82, 2.24) is 15.1 Å². The van der Waals surface area contributed by atoms with E-state index in [4.69, 9.17) is 0 Å². The minimum Gasteiger partial charge on any atom is -0.299 e. The van der Waals surface area contributed by atoms with Crippen LogP contribution in [0.3, 0.4) is 0 Å². The molecule has 2 heterocycles. The van der Waals surface area contributed by atoms with Gasteiger partial charge in [0.25, 0.3) is 0 Å². The second kappa shape index (κ2) is 8.79. The van der Waals surface area contributed by atoms with Crippen molar-refractivity contribution in [3.05, 3.63) is 89.6 Å². The van der Waals surface area contributed by atoms with Gasteiger partial charge >= 0.3 is 6.18 Å².